The zero-order valence-electron chi connectivity index (χ0n) is 9.40. The van der Waals surface area contributed by atoms with E-state index in [9.17, 15) is 0 Å². The molecule has 0 unspecified atom stereocenters. The molecule has 0 fully saturated rings. The van der Waals surface area contributed by atoms with Crippen molar-refractivity contribution in [2.45, 2.75) is 0 Å². The molecule has 0 saturated carbocycles. The summed E-state index contributed by atoms with van der Waals surface area (Å²) < 4.78 is 15.5. The van der Waals surface area contributed by atoms with Gasteiger partial charge in [0, 0.05) is 5.56 Å². The first kappa shape index (κ1) is 10.5. The lowest BCUT2D eigenvalue weighted by Gasteiger charge is -1.98. The molecule has 7 nitrogen and oxygen atoms in total. The summed E-state index contributed by atoms with van der Waals surface area (Å²) in [5.41, 5.74) is 0.786. The van der Waals surface area contributed by atoms with Gasteiger partial charge in [0.05, 0.1) is 7.11 Å². The quantitative estimate of drug-likeness (QED) is 0.694. The van der Waals surface area contributed by atoms with Crippen LogP contribution in [0.3, 0.4) is 0 Å². The van der Waals surface area contributed by atoms with Gasteiger partial charge in [0.25, 0.3) is 0 Å². The zero-order valence-corrected chi connectivity index (χ0v) is 9.40. The molecule has 0 spiro atoms. The van der Waals surface area contributed by atoms with Gasteiger partial charge in [0.2, 0.25) is 12.3 Å². The lowest BCUT2D eigenvalue weighted by atomic mass is 10.2. The number of nitrogens with zero attached hydrogens (tertiary/aromatic N) is 4. The van der Waals surface area contributed by atoms with Gasteiger partial charge in [-0.2, -0.15) is 0 Å². The van der Waals surface area contributed by atoms with Gasteiger partial charge in [-0.15, -0.1) is 20.4 Å². The minimum atomic E-state index is 0.193. The number of methoxy groups -OCH3 is 1. The summed E-state index contributed by atoms with van der Waals surface area (Å²) in [6.07, 6.45) is 1.20. The SMILES string of the molecule is COc1ccc(-c2nnc(-c3nnco3)o2)cc1. The third kappa shape index (κ3) is 1.81. The lowest BCUT2D eigenvalue weighted by molar-refractivity contribution is 0.415. The molecule has 90 valence electrons. The molecular weight excluding hydrogens is 236 g/mol. The molecule has 3 aromatic rings. The van der Waals surface area contributed by atoms with Crippen molar-refractivity contribution in [2.24, 2.45) is 0 Å². The van der Waals surface area contributed by atoms with E-state index in [0.29, 0.717) is 5.89 Å². The topological polar surface area (TPSA) is 87.1 Å². The van der Waals surface area contributed by atoms with Crippen molar-refractivity contribution in [3.63, 3.8) is 0 Å². The van der Waals surface area contributed by atoms with Gasteiger partial charge in [-0.05, 0) is 24.3 Å². The van der Waals surface area contributed by atoms with Gasteiger partial charge in [0.15, 0.2) is 0 Å². The van der Waals surface area contributed by atoms with Crippen LogP contribution in [-0.2, 0) is 0 Å². The van der Waals surface area contributed by atoms with E-state index in [2.05, 4.69) is 20.4 Å². The van der Waals surface area contributed by atoms with E-state index in [0.717, 1.165) is 11.3 Å². The van der Waals surface area contributed by atoms with Crippen molar-refractivity contribution >= 4 is 0 Å². The van der Waals surface area contributed by atoms with Crippen molar-refractivity contribution in [1.82, 2.24) is 20.4 Å². The van der Waals surface area contributed by atoms with Crippen LogP contribution in [0.15, 0.2) is 39.5 Å². The lowest BCUT2D eigenvalue weighted by Crippen LogP contribution is -1.82. The molecule has 0 bridgehead atoms. The average molecular weight is 244 g/mol. The van der Waals surface area contributed by atoms with Gasteiger partial charge < -0.3 is 13.6 Å². The molecule has 0 atom stereocenters. The Hall–Kier alpha value is -2.70. The summed E-state index contributed by atoms with van der Waals surface area (Å²) in [6, 6.07) is 7.27. The number of hydrogen-bond donors (Lipinski definition) is 0. The number of hydrogen-bond acceptors (Lipinski definition) is 7. The van der Waals surface area contributed by atoms with Crippen molar-refractivity contribution in [2.75, 3.05) is 7.11 Å². The van der Waals surface area contributed by atoms with Crippen molar-refractivity contribution in [3.8, 4) is 29.0 Å². The van der Waals surface area contributed by atoms with E-state index in [4.69, 9.17) is 13.6 Å². The Bertz CT molecular complexity index is 631. The van der Waals surface area contributed by atoms with Gasteiger partial charge in [-0.3, -0.25) is 0 Å². The largest absolute Gasteiger partial charge is 0.497 e. The second kappa shape index (κ2) is 4.28. The molecule has 2 aromatic heterocycles. The van der Waals surface area contributed by atoms with Crippen molar-refractivity contribution in [3.05, 3.63) is 30.7 Å². The first-order valence-corrected chi connectivity index (χ1v) is 5.11. The van der Waals surface area contributed by atoms with Crippen LogP contribution in [0.4, 0.5) is 0 Å². The Balaban J connectivity index is 1.92. The normalized spacial score (nSPS) is 10.5. The minimum Gasteiger partial charge on any atom is -0.497 e. The van der Waals surface area contributed by atoms with E-state index >= 15 is 0 Å². The molecule has 0 N–H and O–H groups in total. The Kier molecular flexibility index (Phi) is 2.49. The number of ether oxygens (including phenoxy) is 1. The number of rotatable bonds is 3. The Morgan fingerprint density at radius 2 is 1.72 bits per heavy atom. The standard InChI is InChI=1S/C11H8N4O3/c1-16-8-4-2-7(3-5-8)9-14-15-11(18-9)10-13-12-6-17-10/h2-6H,1H3. The molecular formula is C11H8N4O3. The molecule has 0 amide bonds. The van der Waals surface area contributed by atoms with Crippen molar-refractivity contribution in [1.29, 1.82) is 0 Å². The summed E-state index contributed by atoms with van der Waals surface area (Å²) in [7, 11) is 1.61. The minimum absolute atomic E-state index is 0.193. The highest BCUT2D eigenvalue weighted by Gasteiger charge is 2.14. The van der Waals surface area contributed by atoms with Crippen LogP contribution in [0.25, 0.3) is 23.2 Å². The van der Waals surface area contributed by atoms with Crippen molar-refractivity contribution < 1.29 is 13.6 Å². The first-order chi connectivity index (χ1) is 8.86. The van der Waals surface area contributed by atoms with Crippen LogP contribution >= 0.6 is 0 Å². The van der Waals surface area contributed by atoms with Gasteiger partial charge in [-0.1, -0.05) is 0 Å². The van der Waals surface area contributed by atoms with Gasteiger partial charge >= 0.3 is 11.8 Å². The number of benzene rings is 1. The molecule has 2 heterocycles. The van der Waals surface area contributed by atoms with Crippen LogP contribution in [0.2, 0.25) is 0 Å². The second-order valence-corrected chi connectivity index (χ2v) is 3.38. The van der Waals surface area contributed by atoms with E-state index in [1.165, 1.54) is 6.39 Å². The van der Waals surface area contributed by atoms with E-state index in [-0.39, 0.29) is 11.8 Å². The summed E-state index contributed by atoms with van der Waals surface area (Å²) in [5, 5.41) is 15.0. The fourth-order valence-electron chi connectivity index (χ4n) is 1.43. The summed E-state index contributed by atoms with van der Waals surface area (Å²) in [4.78, 5) is 0. The first-order valence-electron chi connectivity index (χ1n) is 5.11. The van der Waals surface area contributed by atoms with Gasteiger partial charge in [0.1, 0.15) is 5.75 Å². The highest BCUT2D eigenvalue weighted by Crippen LogP contribution is 2.24. The van der Waals surface area contributed by atoms with Crippen LogP contribution in [-0.4, -0.2) is 27.5 Å². The molecule has 0 aliphatic rings. The van der Waals surface area contributed by atoms with E-state index in [1.807, 2.05) is 24.3 Å². The average Bonchev–Trinajstić information content (AvgIpc) is 3.09. The Morgan fingerprint density at radius 1 is 0.944 bits per heavy atom. The molecule has 0 aliphatic heterocycles. The summed E-state index contributed by atoms with van der Waals surface area (Å²) in [6.45, 7) is 0. The van der Waals surface area contributed by atoms with Crippen LogP contribution < -0.4 is 4.74 Å². The number of aromatic nitrogens is 4. The predicted molar refractivity (Wildman–Crippen MR) is 59.6 cm³/mol. The van der Waals surface area contributed by atoms with Crippen LogP contribution in [0, 0.1) is 0 Å². The van der Waals surface area contributed by atoms with Gasteiger partial charge in [-0.25, -0.2) is 0 Å². The summed E-state index contributed by atoms with van der Waals surface area (Å²) >= 11 is 0. The monoisotopic (exact) mass is 244 g/mol. The Labute approximate surface area is 101 Å². The molecule has 0 saturated heterocycles. The molecule has 1 aromatic carbocycles. The molecule has 18 heavy (non-hydrogen) atoms. The zero-order chi connectivity index (χ0) is 12.4. The molecule has 7 heteroatoms. The summed E-state index contributed by atoms with van der Waals surface area (Å²) in [5.74, 6) is 1.53. The smallest absolute Gasteiger partial charge is 0.306 e. The fraction of sp³-hybridized carbons (Fsp3) is 0.0909. The molecule has 3 rings (SSSR count). The third-order valence-electron chi connectivity index (χ3n) is 2.30. The maximum absolute atomic E-state index is 5.43. The Morgan fingerprint density at radius 3 is 2.39 bits per heavy atom. The maximum Gasteiger partial charge on any atom is 0.306 e. The van der Waals surface area contributed by atoms with Crippen LogP contribution in [0.1, 0.15) is 0 Å². The van der Waals surface area contributed by atoms with E-state index in [1.54, 1.807) is 7.11 Å². The highest BCUT2D eigenvalue weighted by atomic mass is 16.5. The second-order valence-electron chi connectivity index (χ2n) is 3.38. The molecule has 0 radical (unpaired) electrons. The van der Waals surface area contributed by atoms with Crippen LogP contribution in [0.5, 0.6) is 5.75 Å². The predicted octanol–water partition coefficient (Wildman–Crippen LogP) is 1.80. The third-order valence-corrected chi connectivity index (χ3v) is 2.30. The van der Waals surface area contributed by atoms with E-state index < -0.39 is 0 Å². The molecule has 0 aliphatic carbocycles. The highest BCUT2D eigenvalue weighted by molar-refractivity contribution is 5.55. The maximum atomic E-state index is 5.43. The fourth-order valence-corrected chi connectivity index (χ4v) is 1.43.